The van der Waals surface area contributed by atoms with E-state index >= 15 is 0 Å². The van der Waals surface area contributed by atoms with Gasteiger partial charge >= 0.3 is 0 Å². The highest BCUT2D eigenvalue weighted by Gasteiger charge is 2.58. The van der Waals surface area contributed by atoms with Crippen LogP contribution in [0.1, 0.15) is 65.2 Å². The first-order valence-electron chi connectivity index (χ1n) is 8.87. The lowest BCUT2D eigenvalue weighted by molar-refractivity contribution is -0.0721. The molecule has 21 heavy (non-hydrogen) atoms. The Labute approximate surface area is 134 Å². The van der Waals surface area contributed by atoms with E-state index in [0.717, 1.165) is 30.6 Å². The molecule has 0 bridgehead atoms. The minimum absolute atomic E-state index is 0.0490. The average Bonchev–Trinajstić information content (AvgIpc) is 2.76. The van der Waals surface area contributed by atoms with Gasteiger partial charge in [-0.15, -0.1) is 0 Å². The second-order valence-electron chi connectivity index (χ2n) is 8.61. The number of rotatable bonds is 0. The van der Waals surface area contributed by atoms with Gasteiger partial charge in [0, 0.05) is 4.86 Å². The Kier molecular flexibility index (Phi) is 3.18. The molecule has 0 aromatic carbocycles. The zero-order valence-corrected chi connectivity index (χ0v) is 14.2. The Morgan fingerprint density at radius 1 is 1.05 bits per heavy atom. The minimum Gasteiger partial charge on any atom is -0.393 e. The van der Waals surface area contributed by atoms with Gasteiger partial charge in [-0.05, 0) is 86.0 Å². The molecule has 0 amide bonds. The van der Waals surface area contributed by atoms with Crippen molar-refractivity contribution in [3.8, 4) is 0 Å². The van der Waals surface area contributed by atoms with Gasteiger partial charge in [0.1, 0.15) is 0 Å². The lowest BCUT2D eigenvalue weighted by Crippen LogP contribution is -2.51. The fourth-order valence-electron chi connectivity index (χ4n) is 6.53. The number of aliphatic hydroxyl groups excluding tert-OH is 1. The molecule has 4 aliphatic carbocycles. The van der Waals surface area contributed by atoms with Crippen molar-refractivity contribution in [3.05, 3.63) is 11.6 Å². The number of aliphatic hydroxyl groups is 1. The summed E-state index contributed by atoms with van der Waals surface area (Å²) < 4.78 is 0. The summed E-state index contributed by atoms with van der Waals surface area (Å²) in [5.41, 5.74) is 2.27. The molecule has 4 aliphatic rings. The van der Waals surface area contributed by atoms with Gasteiger partial charge < -0.3 is 5.11 Å². The molecule has 0 aromatic rings. The van der Waals surface area contributed by atoms with E-state index in [4.69, 9.17) is 12.2 Å². The highest BCUT2D eigenvalue weighted by molar-refractivity contribution is 7.80. The quantitative estimate of drug-likeness (QED) is 0.656. The van der Waals surface area contributed by atoms with Gasteiger partial charge in [-0.1, -0.05) is 31.6 Å². The number of thiocarbonyl (C=S) groups is 1. The van der Waals surface area contributed by atoms with Crippen LogP contribution in [0, 0.1) is 28.6 Å². The van der Waals surface area contributed by atoms with Crippen molar-refractivity contribution < 1.29 is 5.11 Å². The molecule has 3 fully saturated rings. The van der Waals surface area contributed by atoms with Gasteiger partial charge in [-0.3, -0.25) is 0 Å². The summed E-state index contributed by atoms with van der Waals surface area (Å²) in [7, 11) is 0. The molecule has 4 rings (SSSR count). The molecule has 0 aromatic heterocycles. The molecule has 0 spiro atoms. The highest BCUT2D eigenvalue weighted by atomic mass is 32.1. The summed E-state index contributed by atoms with van der Waals surface area (Å²) >= 11 is 5.47. The van der Waals surface area contributed by atoms with E-state index in [-0.39, 0.29) is 11.5 Å². The first-order valence-corrected chi connectivity index (χ1v) is 9.28. The number of allylic oxidation sites excluding steroid dienone is 2. The van der Waals surface area contributed by atoms with E-state index in [0.29, 0.717) is 5.41 Å². The van der Waals surface area contributed by atoms with Crippen molar-refractivity contribution in [3.63, 3.8) is 0 Å². The highest BCUT2D eigenvalue weighted by Crippen LogP contribution is 2.65. The molecular formula is C19H28OS. The predicted octanol–water partition coefficient (Wildman–Crippen LogP) is 4.68. The number of hydrogen-bond acceptors (Lipinski definition) is 2. The molecule has 0 unspecified atom stereocenters. The maximum Gasteiger partial charge on any atom is 0.0596 e. The normalized spacial score (nSPS) is 52.7. The molecule has 3 saturated carbocycles. The summed E-state index contributed by atoms with van der Waals surface area (Å²) in [5.74, 6) is 2.44. The van der Waals surface area contributed by atoms with Crippen molar-refractivity contribution in [2.75, 3.05) is 0 Å². The van der Waals surface area contributed by atoms with E-state index in [1.165, 1.54) is 43.4 Å². The lowest BCUT2D eigenvalue weighted by atomic mass is 9.47. The maximum atomic E-state index is 10.5. The van der Waals surface area contributed by atoms with Crippen LogP contribution in [0.5, 0.6) is 0 Å². The van der Waals surface area contributed by atoms with Crippen LogP contribution >= 0.6 is 12.2 Å². The topological polar surface area (TPSA) is 20.2 Å². The summed E-state index contributed by atoms with van der Waals surface area (Å²) in [5, 5.41) is 10.5. The summed E-state index contributed by atoms with van der Waals surface area (Å²) in [6, 6.07) is 0. The average molecular weight is 304 g/mol. The molecule has 6 atom stereocenters. The van der Waals surface area contributed by atoms with Gasteiger partial charge in [0.2, 0.25) is 0 Å². The maximum absolute atomic E-state index is 10.5. The van der Waals surface area contributed by atoms with Crippen LogP contribution < -0.4 is 0 Å². The SMILES string of the molecule is C[C@]12CC[C@H]3[C@@H](CCC4=CC(=S)CC[C@@]43C)[C@@H]1CC[C@@H]2O. The first kappa shape index (κ1) is 14.4. The molecule has 1 nitrogen and oxygen atoms in total. The Morgan fingerprint density at radius 2 is 1.86 bits per heavy atom. The Balaban J connectivity index is 1.69. The Morgan fingerprint density at radius 3 is 2.67 bits per heavy atom. The zero-order chi connectivity index (χ0) is 14.8. The van der Waals surface area contributed by atoms with Crippen LogP contribution in [0.25, 0.3) is 0 Å². The Hall–Kier alpha value is -0.210. The van der Waals surface area contributed by atoms with Crippen LogP contribution in [0.2, 0.25) is 0 Å². The van der Waals surface area contributed by atoms with Crippen LogP contribution in [-0.2, 0) is 0 Å². The van der Waals surface area contributed by atoms with Crippen molar-refractivity contribution in [1.29, 1.82) is 0 Å². The van der Waals surface area contributed by atoms with E-state index in [1.807, 2.05) is 0 Å². The molecular weight excluding hydrogens is 276 g/mol. The smallest absolute Gasteiger partial charge is 0.0596 e. The second kappa shape index (κ2) is 4.64. The fourth-order valence-corrected chi connectivity index (χ4v) is 6.78. The van der Waals surface area contributed by atoms with E-state index < -0.39 is 0 Å². The summed E-state index contributed by atoms with van der Waals surface area (Å²) in [6.45, 7) is 4.89. The summed E-state index contributed by atoms with van der Waals surface area (Å²) in [4.78, 5) is 1.18. The molecule has 0 heterocycles. The van der Waals surface area contributed by atoms with Gasteiger partial charge in [0.05, 0.1) is 6.10 Å². The third kappa shape index (κ3) is 1.88. The molecule has 0 radical (unpaired) electrons. The first-order chi connectivity index (χ1) is 9.95. The standard InChI is InChI=1S/C19H28OS/c1-18-9-7-13(21)11-12(18)3-4-14-15-5-6-17(20)19(15,2)10-8-16(14)18/h11,14-17,20H,3-10H2,1-2H3/t14-,15-,16-,17-,18-,19-/m0/s1. The number of hydrogen-bond donors (Lipinski definition) is 1. The third-order valence-electron chi connectivity index (χ3n) is 7.91. The van der Waals surface area contributed by atoms with Gasteiger partial charge in [-0.2, -0.15) is 0 Å². The monoisotopic (exact) mass is 304 g/mol. The van der Waals surface area contributed by atoms with E-state index in [2.05, 4.69) is 19.9 Å². The van der Waals surface area contributed by atoms with E-state index in [9.17, 15) is 5.11 Å². The number of fused-ring (bicyclic) bond motifs is 5. The molecule has 1 N–H and O–H groups in total. The molecule has 2 heteroatoms. The largest absolute Gasteiger partial charge is 0.393 e. The van der Waals surface area contributed by atoms with Gasteiger partial charge in [0.25, 0.3) is 0 Å². The van der Waals surface area contributed by atoms with Crippen molar-refractivity contribution in [2.45, 2.75) is 71.3 Å². The van der Waals surface area contributed by atoms with Crippen molar-refractivity contribution in [1.82, 2.24) is 0 Å². The summed E-state index contributed by atoms with van der Waals surface area (Å²) in [6.07, 6.45) is 12.1. The van der Waals surface area contributed by atoms with Crippen LogP contribution in [0.15, 0.2) is 11.6 Å². The minimum atomic E-state index is -0.0490. The molecule has 0 aliphatic heterocycles. The Bertz CT molecular complexity index is 510. The lowest BCUT2D eigenvalue weighted by Gasteiger charge is -2.57. The fraction of sp³-hybridized carbons (Fsp3) is 0.842. The van der Waals surface area contributed by atoms with Crippen molar-refractivity contribution >= 4 is 17.1 Å². The van der Waals surface area contributed by atoms with Crippen LogP contribution in [0.3, 0.4) is 0 Å². The van der Waals surface area contributed by atoms with Gasteiger partial charge in [-0.25, -0.2) is 0 Å². The second-order valence-corrected chi connectivity index (χ2v) is 9.13. The van der Waals surface area contributed by atoms with Crippen LogP contribution in [-0.4, -0.2) is 16.1 Å². The van der Waals surface area contributed by atoms with Crippen molar-refractivity contribution in [2.24, 2.45) is 28.6 Å². The van der Waals surface area contributed by atoms with E-state index in [1.54, 1.807) is 5.57 Å². The predicted molar refractivity (Wildman–Crippen MR) is 90.3 cm³/mol. The molecule has 116 valence electrons. The van der Waals surface area contributed by atoms with Crippen LogP contribution in [0.4, 0.5) is 0 Å². The molecule has 0 saturated heterocycles. The third-order valence-corrected chi connectivity index (χ3v) is 8.23. The zero-order valence-electron chi connectivity index (χ0n) is 13.4. The van der Waals surface area contributed by atoms with Gasteiger partial charge in [0.15, 0.2) is 0 Å².